The van der Waals surface area contributed by atoms with Crippen LogP contribution in [-0.4, -0.2) is 23.1 Å². The lowest BCUT2D eigenvalue weighted by Crippen LogP contribution is -2.37. The number of hydrogen-bond donors (Lipinski definition) is 0. The molecule has 0 radical (unpaired) electrons. The SMILES string of the molecule is [C-]#[N+]c1ccc(-c2ccc(CN(CCC(C)C)C(=O)OC(C)(C)C)c(Cl)c2)c(C)c1. The monoisotopic (exact) mass is 426 g/mol. The number of hydrogen-bond acceptors (Lipinski definition) is 2. The third-order valence-electron chi connectivity index (χ3n) is 4.69. The largest absolute Gasteiger partial charge is 0.444 e. The fourth-order valence-corrected chi connectivity index (χ4v) is 3.31. The number of carbonyl (C=O) groups excluding carboxylic acids is 1. The Bertz CT molecular complexity index is 939. The molecule has 0 aromatic heterocycles. The summed E-state index contributed by atoms with van der Waals surface area (Å²) >= 11 is 6.61. The molecule has 30 heavy (non-hydrogen) atoms. The quantitative estimate of drug-likeness (QED) is 0.444. The van der Waals surface area contributed by atoms with Crippen molar-refractivity contribution >= 4 is 23.4 Å². The fourth-order valence-electron chi connectivity index (χ4n) is 3.07. The first-order chi connectivity index (χ1) is 14.0. The van der Waals surface area contributed by atoms with Crippen molar-refractivity contribution in [2.75, 3.05) is 6.54 Å². The Kier molecular flexibility index (Phi) is 7.92. The maximum atomic E-state index is 12.7. The summed E-state index contributed by atoms with van der Waals surface area (Å²) in [6, 6.07) is 11.5. The fraction of sp³-hybridized carbons (Fsp3) is 0.440. The van der Waals surface area contributed by atoms with Crippen LogP contribution in [0.2, 0.25) is 5.02 Å². The van der Waals surface area contributed by atoms with Gasteiger partial charge in [0.15, 0.2) is 5.69 Å². The third kappa shape index (κ3) is 6.78. The Morgan fingerprint density at radius 1 is 1.20 bits per heavy atom. The van der Waals surface area contributed by atoms with Crippen LogP contribution in [0.15, 0.2) is 36.4 Å². The van der Waals surface area contributed by atoms with E-state index in [1.807, 2.05) is 64.1 Å². The van der Waals surface area contributed by atoms with E-state index in [1.54, 1.807) is 4.90 Å². The highest BCUT2D eigenvalue weighted by molar-refractivity contribution is 6.31. The standard InChI is InChI=1S/C25H31ClN2O2/c1-17(2)12-13-28(24(29)30-25(4,5)6)16-20-9-8-19(15-23(20)26)22-11-10-21(27-7)14-18(22)3/h8-11,14-15,17H,12-13,16H2,1-6H3. The summed E-state index contributed by atoms with van der Waals surface area (Å²) in [5, 5.41) is 0.610. The molecule has 160 valence electrons. The topological polar surface area (TPSA) is 33.9 Å². The Labute approximate surface area is 185 Å². The first kappa shape index (κ1) is 23.8. The van der Waals surface area contributed by atoms with Gasteiger partial charge in [0.25, 0.3) is 0 Å². The van der Waals surface area contributed by atoms with Gasteiger partial charge in [0.2, 0.25) is 0 Å². The highest BCUT2D eigenvalue weighted by Crippen LogP contribution is 2.31. The van der Waals surface area contributed by atoms with Gasteiger partial charge < -0.3 is 9.64 Å². The van der Waals surface area contributed by atoms with E-state index in [1.165, 1.54) is 0 Å². The summed E-state index contributed by atoms with van der Waals surface area (Å²) in [6.07, 6.45) is 0.565. The molecule has 5 heteroatoms. The first-order valence-electron chi connectivity index (χ1n) is 10.2. The van der Waals surface area contributed by atoms with E-state index >= 15 is 0 Å². The van der Waals surface area contributed by atoms with Crippen LogP contribution in [0, 0.1) is 19.4 Å². The van der Waals surface area contributed by atoms with E-state index in [0.717, 1.165) is 28.7 Å². The van der Waals surface area contributed by atoms with Crippen molar-refractivity contribution in [2.45, 2.75) is 60.1 Å². The van der Waals surface area contributed by atoms with Crippen molar-refractivity contribution in [2.24, 2.45) is 5.92 Å². The molecule has 1 amide bonds. The minimum Gasteiger partial charge on any atom is -0.444 e. The first-order valence-corrected chi connectivity index (χ1v) is 10.6. The van der Waals surface area contributed by atoms with Gasteiger partial charge in [-0.3, -0.25) is 0 Å². The zero-order valence-corrected chi connectivity index (χ0v) is 19.5. The van der Waals surface area contributed by atoms with Crippen molar-refractivity contribution in [1.82, 2.24) is 4.90 Å². The second-order valence-electron chi connectivity index (χ2n) is 9.00. The van der Waals surface area contributed by atoms with Crippen molar-refractivity contribution in [3.05, 3.63) is 64.0 Å². The highest BCUT2D eigenvalue weighted by atomic mass is 35.5. The van der Waals surface area contributed by atoms with Crippen LogP contribution in [0.5, 0.6) is 0 Å². The van der Waals surface area contributed by atoms with Gasteiger partial charge in [0.1, 0.15) is 5.60 Å². The summed E-state index contributed by atoms with van der Waals surface area (Å²) in [5.74, 6) is 0.481. The predicted molar refractivity (Wildman–Crippen MR) is 124 cm³/mol. The number of nitrogens with zero attached hydrogens (tertiary/aromatic N) is 2. The molecule has 0 bridgehead atoms. The molecule has 2 rings (SSSR count). The van der Waals surface area contributed by atoms with Gasteiger partial charge in [-0.25, -0.2) is 9.64 Å². The number of aryl methyl sites for hydroxylation is 1. The average Bonchev–Trinajstić information content (AvgIpc) is 2.64. The molecule has 0 N–H and O–H groups in total. The van der Waals surface area contributed by atoms with Gasteiger partial charge >= 0.3 is 6.09 Å². The summed E-state index contributed by atoms with van der Waals surface area (Å²) < 4.78 is 5.59. The van der Waals surface area contributed by atoms with Crippen molar-refractivity contribution in [3.8, 4) is 11.1 Å². The molecule has 0 atom stereocenters. The van der Waals surface area contributed by atoms with E-state index in [-0.39, 0.29) is 6.09 Å². The molecule has 0 saturated heterocycles. The summed E-state index contributed by atoms with van der Waals surface area (Å²) in [7, 11) is 0. The molecule has 0 heterocycles. The molecular weight excluding hydrogens is 396 g/mol. The molecule has 0 aliphatic rings. The molecule has 4 nitrogen and oxygen atoms in total. The predicted octanol–water partition coefficient (Wildman–Crippen LogP) is 7.65. The zero-order chi connectivity index (χ0) is 22.5. The van der Waals surface area contributed by atoms with Crippen molar-refractivity contribution in [1.29, 1.82) is 0 Å². The Hall–Kier alpha value is -2.51. The van der Waals surface area contributed by atoms with Crippen molar-refractivity contribution in [3.63, 3.8) is 0 Å². The molecule has 0 aliphatic heterocycles. The van der Waals surface area contributed by atoms with Gasteiger partial charge in [-0.15, -0.1) is 0 Å². The number of amides is 1. The Balaban J connectivity index is 2.26. The molecule has 0 saturated carbocycles. The molecule has 2 aromatic rings. The number of ether oxygens (including phenoxy) is 1. The number of benzene rings is 2. The minimum absolute atomic E-state index is 0.325. The summed E-state index contributed by atoms with van der Waals surface area (Å²) in [4.78, 5) is 17.9. The van der Waals surface area contributed by atoms with E-state index < -0.39 is 5.60 Å². The van der Waals surface area contributed by atoms with Gasteiger partial charge in [-0.2, -0.15) is 0 Å². The van der Waals surface area contributed by atoms with Crippen LogP contribution in [0.3, 0.4) is 0 Å². The van der Waals surface area contributed by atoms with Crippen LogP contribution in [0.25, 0.3) is 16.0 Å². The lowest BCUT2D eigenvalue weighted by Gasteiger charge is -2.28. The van der Waals surface area contributed by atoms with Gasteiger partial charge in [0, 0.05) is 11.6 Å². The lowest BCUT2D eigenvalue weighted by atomic mass is 9.99. The van der Waals surface area contributed by atoms with Crippen LogP contribution >= 0.6 is 11.6 Å². The number of halogens is 1. The molecule has 0 unspecified atom stereocenters. The van der Waals surface area contributed by atoms with E-state index in [2.05, 4.69) is 18.7 Å². The van der Waals surface area contributed by atoms with Gasteiger partial charge in [-0.1, -0.05) is 61.3 Å². The smallest absolute Gasteiger partial charge is 0.410 e. The average molecular weight is 427 g/mol. The van der Waals surface area contributed by atoms with E-state index in [0.29, 0.717) is 29.7 Å². The van der Waals surface area contributed by atoms with Gasteiger partial charge in [0.05, 0.1) is 13.1 Å². The third-order valence-corrected chi connectivity index (χ3v) is 5.04. The molecule has 0 aliphatic carbocycles. The number of rotatable bonds is 6. The summed E-state index contributed by atoms with van der Waals surface area (Å²) in [6.45, 7) is 20.0. The van der Waals surface area contributed by atoms with Crippen LogP contribution in [0.4, 0.5) is 10.5 Å². The molecule has 0 spiro atoms. The molecular formula is C25H31ClN2O2. The van der Waals surface area contributed by atoms with Crippen LogP contribution < -0.4 is 0 Å². The second kappa shape index (κ2) is 10.00. The Morgan fingerprint density at radius 3 is 2.43 bits per heavy atom. The van der Waals surface area contributed by atoms with E-state index in [4.69, 9.17) is 22.9 Å². The highest BCUT2D eigenvalue weighted by Gasteiger charge is 2.23. The number of carbonyl (C=O) groups is 1. The lowest BCUT2D eigenvalue weighted by molar-refractivity contribution is 0.0226. The van der Waals surface area contributed by atoms with Crippen LogP contribution in [0.1, 0.15) is 52.2 Å². The second-order valence-corrected chi connectivity index (χ2v) is 9.41. The summed E-state index contributed by atoms with van der Waals surface area (Å²) in [5.41, 5.74) is 4.01. The minimum atomic E-state index is -0.546. The van der Waals surface area contributed by atoms with Gasteiger partial charge in [-0.05, 0) is 62.8 Å². The zero-order valence-electron chi connectivity index (χ0n) is 18.8. The normalized spacial score (nSPS) is 11.3. The maximum absolute atomic E-state index is 12.7. The molecule has 2 aromatic carbocycles. The van der Waals surface area contributed by atoms with Crippen LogP contribution in [-0.2, 0) is 11.3 Å². The molecule has 0 fully saturated rings. The maximum Gasteiger partial charge on any atom is 0.410 e. The van der Waals surface area contributed by atoms with E-state index in [9.17, 15) is 4.79 Å². The van der Waals surface area contributed by atoms with Crippen molar-refractivity contribution < 1.29 is 9.53 Å². The Morgan fingerprint density at radius 2 is 1.90 bits per heavy atom.